The van der Waals surface area contributed by atoms with Crippen LogP contribution in [0.15, 0.2) is 42.5 Å². The number of aryl methyl sites for hydroxylation is 1. The molecule has 0 spiro atoms. The van der Waals surface area contributed by atoms with Gasteiger partial charge in [0.15, 0.2) is 11.5 Å². The van der Waals surface area contributed by atoms with E-state index in [9.17, 15) is 18.0 Å². The molecule has 1 N–H and O–H groups in total. The highest BCUT2D eigenvalue weighted by molar-refractivity contribution is 7.92. The molecule has 0 bridgehead atoms. The van der Waals surface area contributed by atoms with Crippen LogP contribution in [-0.4, -0.2) is 63.2 Å². The molecule has 1 saturated carbocycles. The molecule has 1 unspecified atom stereocenters. The maximum atomic E-state index is 13.5. The van der Waals surface area contributed by atoms with Gasteiger partial charge in [0.25, 0.3) is 0 Å². The van der Waals surface area contributed by atoms with Gasteiger partial charge in [0.1, 0.15) is 19.3 Å². The van der Waals surface area contributed by atoms with Crippen LogP contribution in [0.25, 0.3) is 0 Å². The summed E-state index contributed by atoms with van der Waals surface area (Å²) in [6.45, 7) is 5.01. The second kappa shape index (κ2) is 12.7. The molecule has 0 radical (unpaired) electrons. The van der Waals surface area contributed by atoms with Crippen molar-refractivity contribution in [3.05, 3.63) is 53.6 Å². The van der Waals surface area contributed by atoms with Gasteiger partial charge in [0.2, 0.25) is 21.8 Å². The summed E-state index contributed by atoms with van der Waals surface area (Å²) in [6, 6.07) is 12.3. The number of ether oxygens (including phenoxy) is 2. The molecule has 1 atom stereocenters. The Balaban J connectivity index is 1.46. The number of fused-ring (bicyclic) bond motifs is 1. The standard InChI is InChI=1S/C29H39N3O6S/c1-21-9-4-5-10-23(21)20-31(22(2)29(34)30-24-11-6-7-12-24)28(33)13-8-16-32(39(3,35)36)25-14-15-26-27(19-25)38-18-17-37-26/h4-5,9-10,14-15,19,22,24H,6-8,11-13,16-18,20H2,1-3H3,(H,30,34). The van der Waals surface area contributed by atoms with Crippen LogP contribution < -0.4 is 19.1 Å². The summed E-state index contributed by atoms with van der Waals surface area (Å²) in [5.74, 6) is 0.723. The molecule has 0 saturated heterocycles. The minimum Gasteiger partial charge on any atom is -0.486 e. The molecule has 1 aliphatic carbocycles. The highest BCUT2D eigenvalue weighted by Crippen LogP contribution is 2.34. The number of carbonyl (C=O) groups excluding carboxylic acids is 2. The number of rotatable bonds is 11. The number of nitrogens with zero attached hydrogens (tertiary/aromatic N) is 2. The van der Waals surface area contributed by atoms with Crippen LogP contribution in [0.5, 0.6) is 11.5 Å². The van der Waals surface area contributed by atoms with Gasteiger partial charge in [-0.15, -0.1) is 0 Å². The van der Waals surface area contributed by atoms with E-state index in [-0.39, 0.29) is 30.8 Å². The minimum absolute atomic E-state index is 0.101. The monoisotopic (exact) mass is 557 g/mol. The number of benzene rings is 2. The molecule has 9 nitrogen and oxygen atoms in total. The summed E-state index contributed by atoms with van der Waals surface area (Å²) in [5.41, 5.74) is 2.47. The van der Waals surface area contributed by atoms with Gasteiger partial charge in [-0.25, -0.2) is 8.42 Å². The van der Waals surface area contributed by atoms with E-state index in [4.69, 9.17) is 9.47 Å². The number of nitrogens with one attached hydrogen (secondary N) is 1. The van der Waals surface area contributed by atoms with Gasteiger partial charge in [0, 0.05) is 31.6 Å². The van der Waals surface area contributed by atoms with Crippen LogP contribution in [0.4, 0.5) is 5.69 Å². The molecular weight excluding hydrogens is 518 g/mol. The van der Waals surface area contributed by atoms with E-state index >= 15 is 0 Å². The van der Waals surface area contributed by atoms with Gasteiger partial charge in [-0.1, -0.05) is 37.1 Å². The second-order valence-electron chi connectivity index (χ2n) is 10.4. The first-order chi connectivity index (χ1) is 18.6. The lowest BCUT2D eigenvalue weighted by molar-refractivity contribution is -0.141. The Kier molecular flexibility index (Phi) is 9.37. The summed E-state index contributed by atoms with van der Waals surface area (Å²) in [4.78, 5) is 28.3. The summed E-state index contributed by atoms with van der Waals surface area (Å²) in [6.07, 6.45) is 5.67. The lowest BCUT2D eigenvalue weighted by Crippen LogP contribution is -2.49. The van der Waals surface area contributed by atoms with E-state index in [0.29, 0.717) is 43.4 Å². The van der Waals surface area contributed by atoms with Crippen molar-refractivity contribution in [2.75, 3.05) is 30.3 Å². The lowest BCUT2D eigenvalue weighted by atomic mass is 10.1. The van der Waals surface area contributed by atoms with Crippen LogP contribution in [0.1, 0.15) is 56.6 Å². The predicted molar refractivity (Wildman–Crippen MR) is 150 cm³/mol. The van der Waals surface area contributed by atoms with Gasteiger partial charge in [-0.2, -0.15) is 0 Å². The fourth-order valence-corrected chi connectivity index (χ4v) is 6.09. The summed E-state index contributed by atoms with van der Waals surface area (Å²) in [5, 5.41) is 3.11. The number of amides is 2. The third-order valence-electron chi connectivity index (χ3n) is 7.44. The molecule has 1 heterocycles. The molecule has 2 amide bonds. The maximum absolute atomic E-state index is 13.5. The SMILES string of the molecule is Cc1ccccc1CN(C(=O)CCCN(c1ccc2c(c1)OCCO2)S(C)(=O)=O)C(C)C(=O)NC1CCCC1. The van der Waals surface area contributed by atoms with E-state index in [1.807, 2.05) is 31.2 Å². The van der Waals surface area contributed by atoms with Gasteiger partial charge in [-0.05, 0) is 56.4 Å². The average Bonchev–Trinajstić information content (AvgIpc) is 3.42. The predicted octanol–water partition coefficient (Wildman–Crippen LogP) is 3.79. The number of hydrogen-bond donors (Lipinski definition) is 1. The number of hydrogen-bond acceptors (Lipinski definition) is 6. The molecule has 4 rings (SSSR count). The summed E-state index contributed by atoms with van der Waals surface area (Å²) < 4.78 is 37.8. The molecule has 212 valence electrons. The minimum atomic E-state index is -3.61. The Morgan fingerprint density at radius 1 is 1.05 bits per heavy atom. The fraction of sp³-hybridized carbons (Fsp3) is 0.517. The van der Waals surface area contributed by atoms with Crippen LogP contribution in [-0.2, 0) is 26.2 Å². The van der Waals surface area contributed by atoms with Crippen LogP contribution in [0.3, 0.4) is 0 Å². The Morgan fingerprint density at radius 2 is 1.74 bits per heavy atom. The number of carbonyl (C=O) groups is 2. The largest absolute Gasteiger partial charge is 0.486 e. The first-order valence-electron chi connectivity index (χ1n) is 13.6. The van der Waals surface area contributed by atoms with Crippen molar-refractivity contribution in [1.82, 2.24) is 10.2 Å². The second-order valence-corrected chi connectivity index (χ2v) is 12.3. The van der Waals surface area contributed by atoms with E-state index in [1.165, 1.54) is 4.31 Å². The zero-order valence-electron chi connectivity index (χ0n) is 23.0. The van der Waals surface area contributed by atoms with Crippen molar-refractivity contribution in [3.8, 4) is 11.5 Å². The molecule has 1 fully saturated rings. The quantitative estimate of drug-likeness (QED) is 0.451. The number of sulfonamides is 1. The first kappa shape index (κ1) is 28.7. The number of anilines is 1. The molecular formula is C29H39N3O6S. The Bertz CT molecular complexity index is 1280. The van der Waals surface area contributed by atoms with E-state index in [2.05, 4.69) is 5.32 Å². The van der Waals surface area contributed by atoms with E-state index in [1.54, 1.807) is 30.0 Å². The fourth-order valence-electron chi connectivity index (χ4n) is 5.14. The maximum Gasteiger partial charge on any atom is 0.242 e. The highest BCUT2D eigenvalue weighted by atomic mass is 32.2. The van der Waals surface area contributed by atoms with Crippen molar-refractivity contribution < 1.29 is 27.5 Å². The highest BCUT2D eigenvalue weighted by Gasteiger charge is 2.29. The lowest BCUT2D eigenvalue weighted by Gasteiger charge is -2.31. The molecule has 1 aliphatic heterocycles. The van der Waals surface area contributed by atoms with E-state index < -0.39 is 16.1 Å². The smallest absolute Gasteiger partial charge is 0.242 e. The summed E-state index contributed by atoms with van der Waals surface area (Å²) >= 11 is 0. The average molecular weight is 558 g/mol. The van der Waals surface area contributed by atoms with Crippen molar-refractivity contribution in [2.45, 2.75) is 71.0 Å². The molecule has 10 heteroatoms. The van der Waals surface area contributed by atoms with Crippen molar-refractivity contribution in [2.24, 2.45) is 0 Å². The van der Waals surface area contributed by atoms with E-state index in [0.717, 1.165) is 43.1 Å². The first-order valence-corrected chi connectivity index (χ1v) is 15.5. The molecule has 2 aliphatic rings. The molecule has 2 aromatic rings. The zero-order valence-corrected chi connectivity index (χ0v) is 23.8. The normalized spacial score (nSPS) is 16.0. The van der Waals surface area contributed by atoms with Crippen LogP contribution in [0, 0.1) is 6.92 Å². The summed E-state index contributed by atoms with van der Waals surface area (Å²) in [7, 11) is -3.61. The van der Waals surface area contributed by atoms with Crippen molar-refractivity contribution >= 4 is 27.5 Å². The molecule has 0 aromatic heterocycles. The van der Waals surface area contributed by atoms with Gasteiger partial charge >= 0.3 is 0 Å². The van der Waals surface area contributed by atoms with Gasteiger partial charge in [0.05, 0.1) is 11.9 Å². The Hall–Kier alpha value is -3.27. The van der Waals surface area contributed by atoms with Crippen LogP contribution in [0.2, 0.25) is 0 Å². The Morgan fingerprint density at radius 3 is 2.44 bits per heavy atom. The van der Waals surface area contributed by atoms with Gasteiger partial charge in [-0.3, -0.25) is 13.9 Å². The molecule has 39 heavy (non-hydrogen) atoms. The molecule has 2 aromatic carbocycles. The topological polar surface area (TPSA) is 105 Å². The zero-order chi connectivity index (χ0) is 28.0. The third kappa shape index (κ3) is 7.44. The van der Waals surface area contributed by atoms with Crippen LogP contribution >= 0.6 is 0 Å². The third-order valence-corrected chi connectivity index (χ3v) is 8.63. The van der Waals surface area contributed by atoms with Gasteiger partial charge < -0.3 is 19.7 Å². The van der Waals surface area contributed by atoms with Crippen molar-refractivity contribution in [1.29, 1.82) is 0 Å². The Labute approximate surface area is 231 Å². The van der Waals surface area contributed by atoms with Crippen molar-refractivity contribution in [3.63, 3.8) is 0 Å².